The summed E-state index contributed by atoms with van der Waals surface area (Å²) >= 11 is 0. The lowest BCUT2D eigenvalue weighted by molar-refractivity contribution is 0.116. The Hall–Kier alpha value is -1.40. The number of nitrogens with zero attached hydrogens (tertiary/aromatic N) is 1. The van der Waals surface area contributed by atoms with Gasteiger partial charge < -0.3 is 16.0 Å². The summed E-state index contributed by atoms with van der Waals surface area (Å²) in [4.78, 5) is 18.4. The number of H-pyrrole nitrogens is 1. The van der Waals surface area contributed by atoms with Gasteiger partial charge >= 0.3 is 0 Å². The maximum Gasteiger partial charge on any atom is 0.252 e. The minimum absolute atomic E-state index is 0.104. The summed E-state index contributed by atoms with van der Waals surface area (Å²) in [5, 5.41) is 10.3. The zero-order valence-electron chi connectivity index (χ0n) is 14.1. The van der Waals surface area contributed by atoms with Crippen molar-refractivity contribution >= 4 is 5.95 Å². The summed E-state index contributed by atoms with van der Waals surface area (Å²) in [5.41, 5.74) is 1.27. The first-order chi connectivity index (χ1) is 11.2. The second-order valence-corrected chi connectivity index (χ2v) is 7.14. The van der Waals surface area contributed by atoms with Crippen molar-refractivity contribution in [3.63, 3.8) is 0 Å². The van der Waals surface area contributed by atoms with Gasteiger partial charge in [0.15, 0.2) is 0 Å². The molecule has 1 saturated carbocycles. The molecule has 3 rings (SSSR count). The van der Waals surface area contributed by atoms with E-state index in [0.29, 0.717) is 17.4 Å². The third kappa shape index (κ3) is 4.54. The first kappa shape index (κ1) is 16.5. The molecule has 2 fully saturated rings. The van der Waals surface area contributed by atoms with E-state index in [1.54, 1.807) is 0 Å². The number of nitrogens with one attached hydrogen (secondary N) is 4. The maximum atomic E-state index is 11.4. The highest BCUT2D eigenvalue weighted by Crippen LogP contribution is 2.43. The van der Waals surface area contributed by atoms with Crippen LogP contribution in [0.3, 0.4) is 0 Å². The normalized spacial score (nSPS) is 21.4. The molecule has 1 saturated heterocycles. The van der Waals surface area contributed by atoms with Gasteiger partial charge in [-0.3, -0.25) is 9.78 Å². The molecule has 4 N–H and O–H groups in total. The Kier molecular flexibility index (Phi) is 5.33. The number of hydrogen-bond acceptors (Lipinski definition) is 5. The average Bonchev–Trinajstić information content (AvgIpc) is 2.53. The number of hydrogen-bond donors (Lipinski definition) is 4. The van der Waals surface area contributed by atoms with Gasteiger partial charge in [-0.05, 0) is 64.0 Å². The number of aromatic amines is 1. The molecule has 0 amide bonds. The number of aryl methyl sites for hydroxylation is 1. The minimum atomic E-state index is -0.104. The molecular formula is C17H29N5O. The van der Waals surface area contributed by atoms with Crippen LogP contribution in [0.2, 0.25) is 0 Å². The first-order valence-electron chi connectivity index (χ1n) is 8.91. The van der Waals surface area contributed by atoms with Crippen molar-refractivity contribution in [1.82, 2.24) is 20.6 Å². The molecule has 1 aliphatic heterocycles. The summed E-state index contributed by atoms with van der Waals surface area (Å²) in [5.74, 6) is 0.564. The fourth-order valence-corrected chi connectivity index (χ4v) is 4.01. The summed E-state index contributed by atoms with van der Waals surface area (Å²) < 4.78 is 0. The molecule has 6 heteroatoms. The molecule has 1 aliphatic carbocycles. The molecule has 128 valence electrons. The van der Waals surface area contributed by atoms with E-state index in [4.69, 9.17) is 0 Å². The average molecular weight is 319 g/mol. The molecule has 2 heterocycles. The van der Waals surface area contributed by atoms with Gasteiger partial charge in [0.1, 0.15) is 0 Å². The second-order valence-electron chi connectivity index (χ2n) is 7.14. The van der Waals surface area contributed by atoms with E-state index in [1.807, 2.05) is 6.92 Å². The van der Waals surface area contributed by atoms with Crippen molar-refractivity contribution in [1.29, 1.82) is 0 Å². The monoisotopic (exact) mass is 319 g/mol. The highest BCUT2D eigenvalue weighted by atomic mass is 16.1. The smallest absolute Gasteiger partial charge is 0.252 e. The van der Waals surface area contributed by atoms with Crippen LogP contribution < -0.4 is 21.5 Å². The van der Waals surface area contributed by atoms with E-state index in [1.165, 1.54) is 57.7 Å². The predicted molar refractivity (Wildman–Crippen MR) is 92.9 cm³/mol. The molecule has 6 nitrogen and oxygen atoms in total. The van der Waals surface area contributed by atoms with Crippen LogP contribution in [-0.4, -0.2) is 42.2 Å². The molecule has 1 aromatic rings. The molecule has 0 aromatic carbocycles. The number of rotatable bonds is 5. The fourth-order valence-electron chi connectivity index (χ4n) is 4.01. The maximum absolute atomic E-state index is 11.4. The number of piperidine rings is 1. The van der Waals surface area contributed by atoms with Crippen molar-refractivity contribution in [2.45, 2.75) is 51.5 Å². The standard InChI is InChI=1S/C17H29N5O/c1-13-12-15(23)22-16(21-13)20-11-10-19-14-2-4-17(5-3-14)6-8-18-9-7-17/h12,14,18-19H,2-11H2,1H3,(H2,20,21,22,23). The van der Waals surface area contributed by atoms with Gasteiger partial charge in [0.05, 0.1) is 0 Å². The Morgan fingerprint density at radius 3 is 2.65 bits per heavy atom. The number of anilines is 1. The molecule has 1 aromatic heterocycles. The lowest BCUT2D eigenvalue weighted by Gasteiger charge is -2.43. The van der Waals surface area contributed by atoms with Crippen molar-refractivity contribution in [3.05, 3.63) is 22.1 Å². The first-order valence-corrected chi connectivity index (χ1v) is 8.91. The van der Waals surface area contributed by atoms with Crippen LogP contribution in [-0.2, 0) is 0 Å². The summed E-state index contributed by atoms with van der Waals surface area (Å²) in [6.07, 6.45) is 8.03. The van der Waals surface area contributed by atoms with Crippen LogP contribution in [0.1, 0.15) is 44.2 Å². The molecule has 23 heavy (non-hydrogen) atoms. The van der Waals surface area contributed by atoms with Crippen LogP contribution in [0, 0.1) is 12.3 Å². The SMILES string of the molecule is Cc1cc(=O)[nH]c(NCCNC2CCC3(CCNCC3)CC2)n1. The topological polar surface area (TPSA) is 81.8 Å². The lowest BCUT2D eigenvalue weighted by atomic mass is 9.67. The predicted octanol–water partition coefficient (Wildman–Crippen LogP) is 1.39. The summed E-state index contributed by atoms with van der Waals surface area (Å²) in [7, 11) is 0. The fraction of sp³-hybridized carbons (Fsp3) is 0.765. The zero-order chi connectivity index (χ0) is 16.1. The van der Waals surface area contributed by atoms with Gasteiger partial charge in [-0.1, -0.05) is 0 Å². The van der Waals surface area contributed by atoms with E-state index in [9.17, 15) is 4.79 Å². The Labute approximate surface area is 137 Å². The van der Waals surface area contributed by atoms with Crippen molar-refractivity contribution < 1.29 is 0 Å². The van der Waals surface area contributed by atoms with Crippen molar-refractivity contribution in [2.24, 2.45) is 5.41 Å². The molecule has 0 bridgehead atoms. The third-order valence-electron chi connectivity index (χ3n) is 5.43. The highest BCUT2D eigenvalue weighted by Gasteiger charge is 2.35. The highest BCUT2D eigenvalue weighted by molar-refractivity contribution is 5.24. The van der Waals surface area contributed by atoms with Crippen LogP contribution >= 0.6 is 0 Å². The van der Waals surface area contributed by atoms with Gasteiger partial charge in [0.2, 0.25) is 5.95 Å². The molecule has 0 radical (unpaired) electrons. The molecule has 2 aliphatic rings. The second kappa shape index (κ2) is 7.45. The van der Waals surface area contributed by atoms with Crippen LogP contribution in [0.15, 0.2) is 10.9 Å². The van der Waals surface area contributed by atoms with Gasteiger partial charge in [0, 0.05) is 30.9 Å². The van der Waals surface area contributed by atoms with Crippen molar-refractivity contribution in [2.75, 3.05) is 31.5 Å². The van der Waals surface area contributed by atoms with E-state index in [-0.39, 0.29) is 5.56 Å². The van der Waals surface area contributed by atoms with Gasteiger partial charge in [-0.25, -0.2) is 4.98 Å². The molecule has 0 atom stereocenters. The van der Waals surface area contributed by atoms with Crippen molar-refractivity contribution in [3.8, 4) is 0 Å². The summed E-state index contributed by atoms with van der Waals surface area (Å²) in [6.45, 7) is 5.90. The van der Waals surface area contributed by atoms with Crippen LogP contribution in [0.4, 0.5) is 5.95 Å². The Bertz CT molecular complexity index is 554. The lowest BCUT2D eigenvalue weighted by Crippen LogP contribution is -2.43. The molecule has 0 unspecified atom stereocenters. The van der Waals surface area contributed by atoms with E-state index < -0.39 is 0 Å². The zero-order valence-corrected chi connectivity index (χ0v) is 14.1. The largest absolute Gasteiger partial charge is 0.354 e. The molecule has 1 spiro atoms. The molecular weight excluding hydrogens is 290 g/mol. The Morgan fingerprint density at radius 1 is 1.22 bits per heavy atom. The van der Waals surface area contributed by atoms with Gasteiger partial charge in [0.25, 0.3) is 5.56 Å². The van der Waals surface area contributed by atoms with Crippen LogP contribution in [0.25, 0.3) is 0 Å². The van der Waals surface area contributed by atoms with Gasteiger partial charge in [-0.15, -0.1) is 0 Å². The summed E-state index contributed by atoms with van der Waals surface area (Å²) in [6, 6.07) is 2.14. The van der Waals surface area contributed by atoms with Gasteiger partial charge in [-0.2, -0.15) is 0 Å². The van der Waals surface area contributed by atoms with E-state index >= 15 is 0 Å². The van der Waals surface area contributed by atoms with Crippen LogP contribution in [0.5, 0.6) is 0 Å². The Balaban J connectivity index is 1.36. The third-order valence-corrected chi connectivity index (χ3v) is 5.43. The minimum Gasteiger partial charge on any atom is -0.354 e. The Morgan fingerprint density at radius 2 is 1.96 bits per heavy atom. The number of aromatic nitrogens is 2. The van der Waals surface area contributed by atoms with E-state index in [2.05, 4.69) is 25.9 Å². The van der Waals surface area contributed by atoms with E-state index in [0.717, 1.165) is 18.8 Å². The quantitative estimate of drug-likeness (QED) is 0.617.